The lowest BCUT2D eigenvalue weighted by molar-refractivity contribution is -0.153. The van der Waals surface area contributed by atoms with Crippen molar-refractivity contribution < 1.29 is 28.5 Å². The Labute approximate surface area is 365 Å². The van der Waals surface area contributed by atoms with E-state index in [9.17, 15) is 9.59 Å². The molecule has 7 nitrogen and oxygen atoms in total. The molecule has 0 aromatic heterocycles. The molecule has 0 heterocycles. The van der Waals surface area contributed by atoms with Crippen molar-refractivity contribution in [3.63, 3.8) is 0 Å². The highest BCUT2D eigenvalue weighted by atomic mass is 16.6. The number of hydrogen-bond donors (Lipinski definition) is 0. The van der Waals surface area contributed by atoms with Crippen molar-refractivity contribution >= 4 is 11.9 Å². The summed E-state index contributed by atoms with van der Waals surface area (Å²) in [5, 5.41) is 0. The van der Waals surface area contributed by atoms with E-state index in [0.717, 1.165) is 63.6 Å². The second-order valence-corrected chi connectivity index (χ2v) is 17.4. The van der Waals surface area contributed by atoms with Gasteiger partial charge in [-0.1, -0.05) is 199 Å². The van der Waals surface area contributed by atoms with Crippen molar-refractivity contribution in [1.29, 1.82) is 0 Å². The summed E-state index contributed by atoms with van der Waals surface area (Å²) in [5.74, 6) is 0.319. The maximum atomic E-state index is 12.9. The highest BCUT2D eigenvalue weighted by Crippen LogP contribution is 2.20. The normalized spacial score (nSPS) is 12.6. The van der Waals surface area contributed by atoms with Crippen LogP contribution in [0, 0.1) is 5.92 Å². The number of ether oxygens (including phenoxy) is 4. The largest absolute Gasteiger partial charge is 0.465 e. The molecule has 0 radical (unpaired) electrons. The smallest absolute Gasteiger partial charge is 0.306 e. The van der Waals surface area contributed by atoms with Gasteiger partial charge < -0.3 is 18.9 Å². The van der Waals surface area contributed by atoms with Gasteiger partial charge in [-0.3, -0.25) is 14.5 Å². The van der Waals surface area contributed by atoms with E-state index in [1.807, 2.05) is 18.2 Å². The van der Waals surface area contributed by atoms with E-state index in [1.54, 1.807) is 0 Å². The molecule has 0 bridgehead atoms. The lowest BCUT2D eigenvalue weighted by Gasteiger charge is -2.27. The van der Waals surface area contributed by atoms with Crippen LogP contribution in [0.1, 0.15) is 226 Å². The van der Waals surface area contributed by atoms with Gasteiger partial charge in [-0.15, -0.1) is 0 Å². The molecule has 59 heavy (non-hydrogen) atoms. The first-order chi connectivity index (χ1) is 29.0. The van der Waals surface area contributed by atoms with E-state index in [0.29, 0.717) is 58.3 Å². The highest BCUT2D eigenvalue weighted by Gasteiger charge is 2.20. The van der Waals surface area contributed by atoms with E-state index >= 15 is 0 Å². The van der Waals surface area contributed by atoms with Gasteiger partial charge in [0.25, 0.3) is 0 Å². The Morgan fingerprint density at radius 3 is 1.64 bits per heavy atom. The Kier molecular flexibility index (Phi) is 39.9. The summed E-state index contributed by atoms with van der Waals surface area (Å²) in [6.45, 7) is 14.0. The van der Waals surface area contributed by atoms with Gasteiger partial charge in [-0.2, -0.15) is 0 Å². The van der Waals surface area contributed by atoms with Crippen LogP contribution in [0.25, 0.3) is 0 Å². The molecule has 0 amide bonds. The van der Waals surface area contributed by atoms with E-state index in [4.69, 9.17) is 18.9 Å². The monoisotopic (exact) mass is 830 g/mol. The molecule has 344 valence electrons. The number of carbonyl (C=O) groups excluding carboxylic acids is 2. The summed E-state index contributed by atoms with van der Waals surface area (Å²) in [4.78, 5) is 28.1. The molecular formula is C52H95NO6. The minimum atomic E-state index is -0.317. The predicted octanol–water partition coefficient (Wildman–Crippen LogP) is 14.4. The predicted molar refractivity (Wildman–Crippen MR) is 249 cm³/mol. The van der Waals surface area contributed by atoms with Crippen LogP contribution in [-0.4, -0.2) is 69.0 Å². The quantitative estimate of drug-likeness (QED) is 0.0479. The van der Waals surface area contributed by atoms with Gasteiger partial charge in [0.05, 0.1) is 26.4 Å². The second kappa shape index (κ2) is 42.7. The van der Waals surface area contributed by atoms with Gasteiger partial charge in [0.2, 0.25) is 0 Å². The minimum absolute atomic E-state index is 0.0488. The van der Waals surface area contributed by atoms with Crippen LogP contribution in [0.15, 0.2) is 30.3 Å². The fourth-order valence-corrected chi connectivity index (χ4v) is 7.78. The molecule has 0 aliphatic carbocycles. The van der Waals surface area contributed by atoms with Crippen molar-refractivity contribution in [2.75, 3.05) is 46.1 Å². The van der Waals surface area contributed by atoms with E-state index < -0.39 is 0 Å². The number of nitrogens with zero attached hydrogens (tertiary/aromatic N) is 1. The molecule has 0 spiro atoms. The van der Waals surface area contributed by atoms with Gasteiger partial charge >= 0.3 is 11.9 Å². The van der Waals surface area contributed by atoms with Gasteiger partial charge in [-0.25, -0.2) is 0 Å². The zero-order valence-corrected chi connectivity index (χ0v) is 39.3. The summed E-state index contributed by atoms with van der Waals surface area (Å²) < 4.78 is 24.2. The Hall–Kier alpha value is -1.96. The first-order valence-corrected chi connectivity index (χ1v) is 25.3. The summed E-state index contributed by atoms with van der Waals surface area (Å²) in [5.41, 5.74) is 1.16. The van der Waals surface area contributed by atoms with Crippen LogP contribution < -0.4 is 0 Å². The molecule has 1 aromatic rings. The molecule has 1 aromatic carbocycles. The Morgan fingerprint density at radius 2 is 1.02 bits per heavy atom. The molecule has 1 rings (SSSR count). The Balaban J connectivity index is 2.65. The summed E-state index contributed by atoms with van der Waals surface area (Å²) >= 11 is 0. The van der Waals surface area contributed by atoms with Crippen LogP contribution in [0.3, 0.4) is 0 Å². The maximum absolute atomic E-state index is 12.9. The zero-order chi connectivity index (χ0) is 42.7. The van der Waals surface area contributed by atoms with Gasteiger partial charge in [0, 0.05) is 32.5 Å². The number of unbranched alkanes of at least 4 members (excludes halogenated alkanes) is 21. The summed E-state index contributed by atoms with van der Waals surface area (Å²) in [6.07, 6.45) is 34.5. The molecule has 0 N–H and O–H groups in total. The minimum Gasteiger partial charge on any atom is -0.465 e. The van der Waals surface area contributed by atoms with Crippen LogP contribution in [0.2, 0.25) is 0 Å². The first kappa shape index (κ1) is 55.1. The first-order valence-electron chi connectivity index (χ1n) is 25.3. The lowest BCUT2D eigenvalue weighted by atomic mass is 9.95. The van der Waals surface area contributed by atoms with Crippen LogP contribution >= 0.6 is 0 Å². The Morgan fingerprint density at radius 1 is 0.508 bits per heavy atom. The third-order valence-corrected chi connectivity index (χ3v) is 11.6. The summed E-state index contributed by atoms with van der Waals surface area (Å²) in [7, 11) is 0. The average molecular weight is 830 g/mol. The van der Waals surface area contributed by atoms with E-state index in [1.165, 1.54) is 135 Å². The summed E-state index contributed by atoms with van der Waals surface area (Å²) in [6, 6.07) is 10.3. The topological polar surface area (TPSA) is 74.3 Å². The molecule has 2 atom stereocenters. The average Bonchev–Trinajstić information content (AvgIpc) is 3.24. The van der Waals surface area contributed by atoms with Crippen molar-refractivity contribution in [2.24, 2.45) is 5.92 Å². The molecule has 2 unspecified atom stereocenters. The number of rotatable bonds is 45. The second-order valence-electron chi connectivity index (χ2n) is 17.4. The highest BCUT2D eigenvalue weighted by molar-refractivity contribution is 5.69. The van der Waals surface area contributed by atoms with Gasteiger partial charge in [-0.05, 0) is 56.6 Å². The number of carbonyl (C=O) groups is 2. The van der Waals surface area contributed by atoms with Crippen molar-refractivity contribution in [2.45, 2.75) is 233 Å². The molecule has 0 aliphatic rings. The third-order valence-electron chi connectivity index (χ3n) is 11.6. The maximum Gasteiger partial charge on any atom is 0.306 e. The lowest BCUT2D eigenvalue weighted by Crippen LogP contribution is -2.40. The van der Waals surface area contributed by atoms with Gasteiger partial charge in [0.1, 0.15) is 6.10 Å². The van der Waals surface area contributed by atoms with Gasteiger partial charge in [0.15, 0.2) is 0 Å². The Bertz CT molecular complexity index is 1040. The molecule has 0 saturated heterocycles. The number of benzene rings is 1. The molecule has 7 heteroatoms. The molecular weight excluding hydrogens is 735 g/mol. The van der Waals surface area contributed by atoms with Crippen LogP contribution in [0.5, 0.6) is 0 Å². The molecule has 0 aliphatic heterocycles. The van der Waals surface area contributed by atoms with Crippen LogP contribution in [0.4, 0.5) is 0 Å². The third kappa shape index (κ3) is 36.4. The van der Waals surface area contributed by atoms with Crippen LogP contribution in [-0.2, 0) is 35.1 Å². The molecule has 0 saturated carbocycles. The fraction of sp³-hybridized carbons (Fsp3) is 0.846. The molecule has 0 fully saturated rings. The fourth-order valence-electron chi connectivity index (χ4n) is 7.78. The van der Waals surface area contributed by atoms with Crippen molar-refractivity contribution in [3.05, 3.63) is 35.9 Å². The standard InChI is InChI=1S/C52H95NO6/c1-5-9-13-16-18-19-20-21-23-33-42-56-47-50(59-52(55)39-26-12-8-4)44-53(41-43-57-45-48-34-29-24-30-35-48)40-32-25-31-38-51(54)58-46-49(36-27-15-11-7-3)37-28-22-17-14-10-6-2/h24,29-30,34-35,49-50H,5-23,25-28,31-33,36-47H2,1-4H3. The number of esters is 2. The SMILES string of the molecule is CCCCCCCCCCCCOCC(CN(CCCCCC(=O)OCC(CCCCCC)CCCCCCCC)CCOCc1ccccc1)OC(=O)CCCCC. The number of hydrogen-bond acceptors (Lipinski definition) is 7. The van der Waals surface area contributed by atoms with Crippen molar-refractivity contribution in [1.82, 2.24) is 4.90 Å². The van der Waals surface area contributed by atoms with E-state index in [2.05, 4.69) is 44.7 Å². The van der Waals surface area contributed by atoms with E-state index in [-0.39, 0.29) is 18.0 Å². The van der Waals surface area contributed by atoms with Crippen molar-refractivity contribution in [3.8, 4) is 0 Å². The zero-order valence-electron chi connectivity index (χ0n) is 39.3.